The molecule has 3 heterocycles. The highest BCUT2D eigenvalue weighted by atomic mass is 35.5. The minimum atomic E-state index is -0.911. The molecule has 1 saturated heterocycles. The molecule has 9 heteroatoms. The van der Waals surface area contributed by atoms with Crippen molar-refractivity contribution in [1.29, 1.82) is 0 Å². The first-order valence-electron chi connectivity index (χ1n) is 9.27. The fourth-order valence-corrected chi connectivity index (χ4v) is 3.73. The van der Waals surface area contributed by atoms with Gasteiger partial charge in [0, 0.05) is 30.2 Å². The van der Waals surface area contributed by atoms with E-state index in [9.17, 15) is 14.4 Å². The summed E-state index contributed by atoms with van der Waals surface area (Å²) in [7, 11) is 0. The Hall–Kier alpha value is -2.87. The van der Waals surface area contributed by atoms with Gasteiger partial charge in [-0.3, -0.25) is 19.4 Å². The Morgan fingerprint density at radius 1 is 1.14 bits per heavy atom. The van der Waals surface area contributed by atoms with Crippen molar-refractivity contribution in [3.8, 4) is 0 Å². The minimum Gasteiger partial charge on any atom is -0.342 e. The lowest BCUT2D eigenvalue weighted by molar-refractivity contribution is -0.123. The van der Waals surface area contributed by atoms with E-state index in [2.05, 4.69) is 20.6 Å². The monoisotopic (exact) mass is 401 g/mol. The van der Waals surface area contributed by atoms with Crippen molar-refractivity contribution < 1.29 is 9.59 Å². The Kier molecular flexibility index (Phi) is 5.04. The maximum Gasteiger partial charge on any atom is 0.258 e. The van der Waals surface area contributed by atoms with Crippen molar-refractivity contribution in [2.45, 2.75) is 31.6 Å². The molecule has 3 N–H and O–H groups in total. The highest BCUT2D eigenvalue weighted by Crippen LogP contribution is 2.30. The number of anilines is 3. The number of piperidine rings is 1. The summed E-state index contributed by atoms with van der Waals surface area (Å²) in [6.07, 6.45) is 3.09. The lowest BCUT2D eigenvalue weighted by Gasteiger charge is -2.29. The number of carbonyl (C=O) groups excluding carboxylic acids is 2. The zero-order chi connectivity index (χ0) is 19.7. The number of carbonyl (C=O) groups is 2. The van der Waals surface area contributed by atoms with Crippen molar-refractivity contribution >= 4 is 40.9 Å². The molecular formula is C19H20ClN5O3. The number of nitrogens with zero attached hydrogens (tertiary/aromatic N) is 2. The molecule has 2 amide bonds. The maximum atomic E-state index is 12.8. The van der Waals surface area contributed by atoms with Crippen molar-refractivity contribution in [3.05, 3.63) is 45.2 Å². The van der Waals surface area contributed by atoms with Gasteiger partial charge in [0.2, 0.25) is 17.8 Å². The number of rotatable bonds is 3. The summed E-state index contributed by atoms with van der Waals surface area (Å²) in [4.78, 5) is 46.9. The van der Waals surface area contributed by atoms with Gasteiger partial charge in [-0.2, -0.15) is 4.98 Å². The van der Waals surface area contributed by atoms with E-state index in [-0.39, 0.29) is 23.7 Å². The van der Waals surface area contributed by atoms with Crippen LogP contribution in [0.15, 0.2) is 29.1 Å². The summed E-state index contributed by atoms with van der Waals surface area (Å²) in [5, 5.41) is 5.93. The molecule has 0 aliphatic carbocycles. The Morgan fingerprint density at radius 2 is 1.86 bits per heavy atom. The van der Waals surface area contributed by atoms with E-state index >= 15 is 0 Å². The molecule has 1 aromatic carbocycles. The van der Waals surface area contributed by atoms with E-state index in [1.54, 1.807) is 24.3 Å². The molecular weight excluding hydrogens is 382 g/mol. The second-order valence-corrected chi connectivity index (χ2v) is 7.44. The predicted molar refractivity (Wildman–Crippen MR) is 107 cm³/mol. The molecule has 2 aromatic rings. The van der Waals surface area contributed by atoms with E-state index in [1.165, 1.54) is 0 Å². The first-order chi connectivity index (χ1) is 13.5. The fourth-order valence-electron chi connectivity index (χ4n) is 3.60. The normalized spacial score (nSPS) is 19.0. The molecule has 1 aromatic heterocycles. The summed E-state index contributed by atoms with van der Waals surface area (Å²) < 4.78 is 0. The molecule has 0 spiro atoms. The molecule has 0 saturated carbocycles. The van der Waals surface area contributed by atoms with Crippen LogP contribution in [0.1, 0.15) is 37.2 Å². The van der Waals surface area contributed by atoms with Crippen LogP contribution in [0.4, 0.5) is 17.5 Å². The molecule has 1 atom stereocenters. The third-order valence-electron chi connectivity index (χ3n) is 5.02. The summed E-state index contributed by atoms with van der Waals surface area (Å²) in [5.74, 6) is -1.09. The van der Waals surface area contributed by atoms with Gasteiger partial charge in [-0.15, -0.1) is 0 Å². The first-order valence-corrected chi connectivity index (χ1v) is 9.64. The SMILES string of the molecule is O=C1C[C@H](C(=O)Nc2ccc(Cl)cc2)c2c(nc(N3CCCCC3)[nH]c2=O)N1. The topological polar surface area (TPSA) is 107 Å². The highest BCUT2D eigenvalue weighted by molar-refractivity contribution is 6.30. The lowest BCUT2D eigenvalue weighted by atomic mass is 9.92. The van der Waals surface area contributed by atoms with E-state index < -0.39 is 17.4 Å². The standard InChI is InChI=1S/C19H20ClN5O3/c20-11-4-6-12(7-5-11)21-17(27)13-10-14(26)22-16-15(13)18(28)24-19(23-16)25-8-2-1-3-9-25/h4-7,13H,1-3,8-10H2,(H,21,27)(H2,22,23,24,26,28)/t13-/m0/s1. The van der Waals surface area contributed by atoms with E-state index in [1.807, 2.05) is 4.90 Å². The number of H-pyrrole nitrogens is 1. The van der Waals surface area contributed by atoms with Crippen LogP contribution in [0.5, 0.6) is 0 Å². The molecule has 8 nitrogen and oxygen atoms in total. The molecule has 146 valence electrons. The number of halogens is 1. The van der Waals surface area contributed by atoms with Crippen LogP contribution in [-0.2, 0) is 9.59 Å². The van der Waals surface area contributed by atoms with Gasteiger partial charge in [-0.1, -0.05) is 11.6 Å². The van der Waals surface area contributed by atoms with Crippen LogP contribution >= 0.6 is 11.6 Å². The Morgan fingerprint density at radius 3 is 2.57 bits per heavy atom. The smallest absolute Gasteiger partial charge is 0.258 e. The molecule has 0 bridgehead atoms. The van der Waals surface area contributed by atoms with Gasteiger partial charge in [-0.25, -0.2) is 0 Å². The molecule has 2 aliphatic heterocycles. The number of amides is 2. The Balaban J connectivity index is 1.64. The quantitative estimate of drug-likeness (QED) is 0.732. The van der Waals surface area contributed by atoms with Crippen LogP contribution < -0.4 is 21.1 Å². The number of benzene rings is 1. The second-order valence-electron chi connectivity index (χ2n) is 7.00. The van der Waals surface area contributed by atoms with Gasteiger partial charge >= 0.3 is 0 Å². The molecule has 0 radical (unpaired) electrons. The van der Waals surface area contributed by atoms with E-state index in [0.29, 0.717) is 16.7 Å². The highest BCUT2D eigenvalue weighted by Gasteiger charge is 2.35. The Bertz CT molecular complexity index is 967. The van der Waals surface area contributed by atoms with Crippen LogP contribution in [0, 0.1) is 0 Å². The largest absolute Gasteiger partial charge is 0.342 e. The third-order valence-corrected chi connectivity index (χ3v) is 5.27. The number of aromatic nitrogens is 2. The molecule has 2 aliphatic rings. The van der Waals surface area contributed by atoms with Crippen molar-refractivity contribution in [2.75, 3.05) is 28.6 Å². The number of hydrogen-bond acceptors (Lipinski definition) is 5. The van der Waals surface area contributed by atoms with Gasteiger partial charge in [0.15, 0.2) is 0 Å². The fraction of sp³-hybridized carbons (Fsp3) is 0.368. The summed E-state index contributed by atoms with van der Waals surface area (Å²) >= 11 is 5.86. The lowest BCUT2D eigenvalue weighted by Crippen LogP contribution is -2.38. The number of aromatic amines is 1. The van der Waals surface area contributed by atoms with Gasteiger partial charge in [-0.05, 0) is 43.5 Å². The summed E-state index contributed by atoms with van der Waals surface area (Å²) in [6, 6.07) is 6.62. The number of hydrogen-bond donors (Lipinski definition) is 3. The Labute approximate surface area is 166 Å². The van der Waals surface area contributed by atoms with Crippen LogP contribution in [0.25, 0.3) is 0 Å². The average molecular weight is 402 g/mol. The van der Waals surface area contributed by atoms with Crippen molar-refractivity contribution in [3.63, 3.8) is 0 Å². The zero-order valence-corrected chi connectivity index (χ0v) is 15.9. The predicted octanol–water partition coefficient (Wildman–Crippen LogP) is 2.48. The second kappa shape index (κ2) is 7.63. The van der Waals surface area contributed by atoms with E-state index in [4.69, 9.17) is 11.6 Å². The van der Waals surface area contributed by atoms with Crippen LogP contribution in [0.2, 0.25) is 5.02 Å². The third kappa shape index (κ3) is 3.73. The number of fused-ring (bicyclic) bond motifs is 1. The van der Waals surface area contributed by atoms with Gasteiger partial charge in [0.25, 0.3) is 5.56 Å². The first kappa shape index (κ1) is 18.5. The van der Waals surface area contributed by atoms with Crippen LogP contribution in [0.3, 0.4) is 0 Å². The average Bonchev–Trinajstić information content (AvgIpc) is 2.69. The molecule has 1 fully saturated rings. The maximum absolute atomic E-state index is 12.8. The zero-order valence-electron chi connectivity index (χ0n) is 15.1. The van der Waals surface area contributed by atoms with Gasteiger partial charge < -0.3 is 15.5 Å². The molecule has 28 heavy (non-hydrogen) atoms. The summed E-state index contributed by atoms with van der Waals surface area (Å²) in [5.41, 5.74) is 0.324. The molecule has 0 unspecified atom stereocenters. The molecule has 4 rings (SSSR count). The van der Waals surface area contributed by atoms with Crippen molar-refractivity contribution in [1.82, 2.24) is 9.97 Å². The van der Waals surface area contributed by atoms with Crippen LogP contribution in [-0.4, -0.2) is 34.9 Å². The van der Waals surface area contributed by atoms with E-state index in [0.717, 1.165) is 32.4 Å². The minimum absolute atomic E-state index is 0.111. The van der Waals surface area contributed by atoms with Gasteiger partial charge in [0.05, 0.1) is 11.5 Å². The number of nitrogens with one attached hydrogen (secondary N) is 3. The van der Waals surface area contributed by atoms with Gasteiger partial charge in [0.1, 0.15) is 5.82 Å². The van der Waals surface area contributed by atoms with Crippen molar-refractivity contribution in [2.24, 2.45) is 0 Å². The summed E-state index contributed by atoms with van der Waals surface area (Å²) in [6.45, 7) is 1.60.